The Morgan fingerprint density at radius 1 is 1.07 bits per heavy atom. The molecule has 0 aliphatic rings. The zero-order valence-corrected chi connectivity index (χ0v) is 12.7. The summed E-state index contributed by atoms with van der Waals surface area (Å²) in [5, 5.41) is 1.72. The van der Waals surface area contributed by atoms with Crippen molar-refractivity contribution in [1.29, 1.82) is 0 Å². The van der Waals surface area contributed by atoms with Crippen LogP contribution in [0.2, 0.25) is 0 Å². The molecule has 86 valence electrons. The third kappa shape index (κ3) is 4.41. The predicted molar refractivity (Wildman–Crippen MR) is 77.1 cm³/mol. The Balaban J connectivity index is 4.61. The molecule has 0 saturated carbocycles. The van der Waals surface area contributed by atoms with Crippen LogP contribution < -0.4 is 0 Å². The van der Waals surface area contributed by atoms with Gasteiger partial charge in [0.05, 0.1) is 0 Å². The third-order valence-corrected chi connectivity index (χ3v) is 10.7. The maximum atomic E-state index is 2.69. The van der Waals surface area contributed by atoms with Gasteiger partial charge in [-0.15, -0.1) is 0 Å². The van der Waals surface area contributed by atoms with Gasteiger partial charge in [0, 0.05) is 0 Å². The van der Waals surface area contributed by atoms with Gasteiger partial charge in [0.2, 0.25) is 0 Å². The molecule has 0 nitrogen and oxygen atoms in total. The van der Waals surface area contributed by atoms with Crippen LogP contribution in [0.25, 0.3) is 0 Å². The molecule has 0 aromatic carbocycles. The standard InChI is InChI=1S/C12H28P2/c1-7-13(8-2)12(5)11-14(6,9-3)10-4/h11,14H,7-10H2,1-6H3. The van der Waals surface area contributed by atoms with Gasteiger partial charge in [0.1, 0.15) is 0 Å². The first-order chi connectivity index (χ1) is 6.52. The van der Waals surface area contributed by atoms with E-state index < -0.39 is 7.26 Å². The number of allylic oxidation sites excluding steroid dienone is 1. The summed E-state index contributed by atoms with van der Waals surface area (Å²) in [4.78, 5) is 0. The molecular weight excluding hydrogens is 206 g/mol. The van der Waals surface area contributed by atoms with Crippen molar-refractivity contribution < 1.29 is 0 Å². The molecule has 0 bridgehead atoms. The zero-order valence-electron chi connectivity index (χ0n) is 10.9. The molecule has 0 saturated heterocycles. The molecule has 0 aromatic rings. The fraction of sp³-hybridized carbons (Fsp3) is 0.833. The first-order valence-electron chi connectivity index (χ1n) is 5.97. The van der Waals surface area contributed by atoms with Gasteiger partial charge in [-0.1, -0.05) is 0 Å². The monoisotopic (exact) mass is 234 g/mol. The van der Waals surface area contributed by atoms with Crippen molar-refractivity contribution in [2.24, 2.45) is 0 Å². The Labute approximate surface area is 92.6 Å². The average Bonchev–Trinajstić information content (AvgIpc) is 2.19. The van der Waals surface area contributed by atoms with E-state index in [0.717, 1.165) is 0 Å². The Morgan fingerprint density at radius 3 is 1.79 bits per heavy atom. The van der Waals surface area contributed by atoms with E-state index in [4.69, 9.17) is 0 Å². The van der Waals surface area contributed by atoms with Crippen molar-refractivity contribution in [3.8, 4) is 0 Å². The van der Waals surface area contributed by atoms with E-state index in [0.29, 0.717) is 0 Å². The molecule has 0 aliphatic heterocycles. The fourth-order valence-corrected chi connectivity index (χ4v) is 6.80. The summed E-state index contributed by atoms with van der Waals surface area (Å²) in [7, 11) is -0.799. The minimum absolute atomic E-state index is 0.203. The van der Waals surface area contributed by atoms with Crippen LogP contribution in [-0.4, -0.2) is 31.3 Å². The Hall–Kier alpha value is 0.600. The topological polar surface area (TPSA) is 0 Å². The van der Waals surface area contributed by atoms with Crippen LogP contribution in [0.15, 0.2) is 11.1 Å². The summed E-state index contributed by atoms with van der Waals surface area (Å²) in [6, 6.07) is 0. The van der Waals surface area contributed by atoms with Crippen LogP contribution in [0.4, 0.5) is 0 Å². The van der Waals surface area contributed by atoms with Gasteiger partial charge in [-0.05, 0) is 0 Å². The van der Waals surface area contributed by atoms with Gasteiger partial charge in [0.25, 0.3) is 0 Å². The molecule has 0 radical (unpaired) electrons. The first-order valence-corrected chi connectivity index (χ1v) is 10.7. The van der Waals surface area contributed by atoms with Gasteiger partial charge in [0.15, 0.2) is 0 Å². The molecule has 0 N–H and O–H groups in total. The number of hydrogen-bond acceptors (Lipinski definition) is 0. The van der Waals surface area contributed by atoms with Gasteiger partial charge in [-0.2, -0.15) is 0 Å². The predicted octanol–water partition coefficient (Wildman–Crippen LogP) is 4.79. The van der Waals surface area contributed by atoms with E-state index in [9.17, 15) is 0 Å². The molecule has 0 amide bonds. The minimum atomic E-state index is -1.00. The first kappa shape index (κ1) is 14.6. The van der Waals surface area contributed by atoms with Crippen molar-refractivity contribution in [1.82, 2.24) is 0 Å². The van der Waals surface area contributed by atoms with Crippen LogP contribution in [0.1, 0.15) is 34.6 Å². The molecule has 0 heterocycles. The summed E-state index contributed by atoms with van der Waals surface area (Å²) in [6.07, 6.45) is 5.53. The molecule has 0 spiro atoms. The van der Waals surface area contributed by atoms with E-state index in [1.54, 1.807) is 5.31 Å². The van der Waals surface area contributed by atoms with E-state index in [1.165, 1.54) is 24.6 Å². The molecule has 14 heavy (non-hydrogen) atoms. The van der Waals surface area contributed by atoms with Crippen LogP contribution in [0.5, 0.6) is 0 Å². The summed E-state index contributed by atoms with van der Waals surface area (Å²) in [5.41, 5.74) is 0. The van der Waals surface area contributed by atoms with Crippen molar-refractivity contribution in [3.63, 3.8) is 0 Å². The second-order valence-corrected chi connectivity index (χ2v) is 12.4. The van der Waals surface area contributed by atoms with E-state index in [1.807, 2.05) is 0 Å². The molecule has 0 unspecified atom stereocenters. The second kappa shape index (κ2) is 6.97. The van der Waals surface area contributed by atoms with Crippen molar-refractivity contribution >= 4 is 15.2 Å². The zero-order chi connectivity index (χ0) is 11.2. The van der Waals surface area contributed by atoms with Crippen LogP contribution in [-0.2, 0) is 0 Å². The van der Waals surface area contributed by atoms with Crippen molar-refractivity contribution in [3.05, 3.63) is 11.1 Å². The Morgan fingerprint density at radius 2 is 1.50 bits per heavy atom. The maximum absolute atomic E-state index is 2.69. The molecule has 0 aliphatic carbocycles. The van der Waals surface area contributed by atoms with E-state index in [-0.39, 0.29) is 7.92 Å². The molecule has 0 aromatic heterocycles. The van der Waals surface area contributed by atoms with Gasteiger partial charge < -0.3 is 0 Å². The summed E-state index contributed by atoms with van der Waals surface area (Å²) in [5.74, 6) is 2.69. The summed E-state index contributed by atoms with van der Waals surface area (Å²) in [6.45, 7) is 14.3. The normalized spacial score (nSPS) is 14.9. The molecular formula is C12H28P2. The molecule has 0 rings (SSSR count). The SMILES string of the molecule is CCP(CC)C(C)=C[PH](C)(CC)CC. The van der Waals surface area contributed by atoms with Gasteiger partial charge in [-0.25, -0.2) is 0 Å². The van der Waals surface area contributed by atoms with Crippen molar-refractivity contribution in [2.45, 2.75) is 34.6 Å². The Bertz CT molecular complexity index is 177. The summed E-state index contributed by atoms with van der Waals surface area (Å²) < 4.78 is 0. The number of hydrogen-bond donors (Lipinski definition) is 0. The van der Waals surface area contributed by atoms with Gasteiger partial charge >= 0.3 is 92.2 Å². The summed E-state index contributed by atoms with van der Waals surface area (Å²) >= 11 is 0. The molecule has 0 fully saturated rings. The van der Waals surface area contributed by atoms with Crippen molar-refractivity contribution in [2.75, 3.05) is 31.3 Å². The van der Waals surface area contributed by atoms with Gasteiger partial charge in [-0.3, -0.25) is 0 Å². The van der Waals surface area contributed by atoms with Crippen LogP contribution >= 0.6 is 15.2 Å². The fourth-order valence-electron chi connectivity index (χ4n) is 1.77. The van der Waals surface area contributed by atoms with E-state index in [2.05, 4.69) is 47.1 Å². The van der Waals surface area contributed by atoms with Crippen LogP contribution in [0, 0.1) is 0 Å². The molecule has 0 atom stereocenters. The molecule has 2 heteroatoms. The third-order valence-electron chi connectivity index (χ3n) is 3.43. The number of rotatable bonds is 6. The quantitative estimate of drug-likeness (QED) is 0.580. The van der Waals surface area contributed by atoms with Crippen LogP contribution in [0.3, 0.4) is 0 Å². The second-order valence-electron chi connectivity index (χ2n) is 4.32. The average molecular weight is 234 g/mol. The Kier molecular flexibility index (Phi) is 7.27. The van der Waals surface area contributed by atoms with E-state index >= 15 is 0 Å².